The normalized spacial score (nSPS) is 11.9. The van der Waals surface area contributed by atoms with Crippen molar-refractivity contribution in [1.82, 2.24) is 24.5 Å². The minimum absolute atomic E-state index is 0.0168. The number of amides is 2. The van der Waals surface area contributed by atoms with Crippen molar-refractivity contribution in [2.75, 3.05) is 5.32 Å². The second-order valence-electron chi connectivity index (χ2n) is 7.99. The third kappa shape index (κ3) is 4.96. The van der Waals surface area contributed by atoms with Crippen molar-refractivity contribution in [2.45, 2.75) is 46.5 Å². The highest BCUT2D eigenvalue weighted by Gasteiger charge is 2.35. The highest BCUT2D eigenvalue weighted by molar-refractivity contribution is 14.1. The topological polar surface area (TPSA) is 121 Å². The molecule has 4 aromatic rings. The van der Waals surface area contributed by atoms with Crippen molar-refractivity contribution < 1.29 is 22.8 Å². The smallest absolute Gasteiger partial charge is 0.365 e. The van der Waals surface area contributed by atoms with Gasteiger partial charge in [-0.05, 0) is 55.0 Å². The average molecular weight is 631 g/mol. The van der Waals surface area contributed by atoms with E-state index in [2.05, 4.69) is 43.1 Å². The first kappa shape index (κ1) is 26.1. The fourth-order valence-corrected chi connectivity index (χ4v) is 5.24. The molecule has 9 nitrogen and oxygen atoms in total. The van der Waals surface area contributed by atoms with Crippen LogP contribution in [0.1, 0.15) is 40.1 Å². The SMILES string of the molecule is CCn1ncc(-c2cc(C(F)(F)F)nc3sc(C(N)=O)c(NC(=O)CCn4cc(I)c(C)n4)c23)c1C. The molecule has 2 amide bonds. The second-order valence-corrected chi connectivity index (χ2v) is 10.1. The molecule has 0 aliphatic rings. The molecule has 0 fully saturated rings. The lowest BCUT2D eigenvalue weighted by Crippen LogP contribution is -2.18. The number of aryl methyl sites for hydroxylation is 3. The van der Waals surface area contributed by atoms with E-state index in [0.717, 1.165) is 15.3 Å². The quantitative estimate of drug-likeness (QED) is 0.286. The Hall–Kier alpha value is -3.01. The van der Waals surface area contributed by atoms with Gasteiger partial charge in [0.05, 0.1) is 21.1 Å². The van der Waals surface area contributed by atoms with Crippen LogP contribution in [0.25, 0.3) is 21.3 Å². The van der Waals surface area contributed by atoms with Crippen molar-refractivity contribution in [3.05, 3.63) is 44.0 Å². The highest BCUT2D eigenvalue weighted by atomic mass is 127. The summed E-state index contributed by atoms with van der Waals surface area (Å²) in [6.07, 6.45) is -1.45. The highest BCUT2D eigenvalue weighted by Crippen LogP contribution is 2.44. The van der Waals surface area contributed by atoms with Crippen LogP contribution >= 0.6 is 33.9 Å². The number of nitrogens with two attached hydrogens (primary N) is 1. The van der Waals surface area contributed by atoms with Gasteiger partial charge < -0.3 is 11.1 Å². The number of hydrogen-bond donors (Lipinski definition) is 2. The zero-order valence-electron chi connectivity index (χ0n) is 19.4. The standard InChI is InChI=1S/C22H21F3IN7O2S/c1-4-33-11(3)13(8-28-33)12-7-15(22(23,24)25)29-21-17(12)18(19(36-21)20(27)35)30-16(34)5-6-32-9-14(26)10(2)31-32/h7-9H,4-6H2,1-3H3,(H2,27,35)(H,30,34). The summed E-state index contributed by atoms with van der Waals surface area (Å²) in [6, 6.07) is 0.911. The van der Waals surface area contributed by atoms with Crippen molar-refractivity contribution in [3.63, 3.8) is 0 Å². The number of pyridine rings is 1. The van der Waals surface area contributed by atoms with Crippen LogP contribution in [0, 0.1) is 17.4 Å². The first-order valence-electron chi connectivity index (χ1n) is 10.8. The molecular formula is C22H21F3IN7O2S. The molecule has 0 saturated carbocycles. The van der Waals surface area contributed by atoms with E-state index in [0.29, 0.717) is 29.1 Å². The molecular weight excluding hydrogens is 610 g/mol. The minimum atomic E-state index is -4.72. The Morgan fingerprint density at radius 2 is 1.97 bits per heavy atom. The lowest BCUT2D eigenvalue weighted by Gasteiger charge is -2.12. The third-order valence-corrected chi connectivity index (χ3v) is 7.75. The van der Waals surface area contributed by atoms with Gasteiger partial charge >= 0.3 is 6.18 Å². The van der Waals surface area contributed by atoms with Crippen molar-refractivity contribution in [1.29, 1.82) is 0 Å². The van der Waals surface area contributed by atoms with E-state index in [1.165, 1.54) is 6.20 Å². The Kier molecular flexibility index (Phi) is 7.10. The molecule has 190 valence electrons. The summed E-state index contributed by atoms with van der Waals surface area (Å²) in [4.78, 5) is 28.7. The first-order chi connectivity index (χ1) is 16.9. The number of halogens is 4. The molecule has 0 aliphatic heterocycles. The number of nitrogens with one attached hydrogen (secondary N) is 1. The summed E-state index contributed by atoms with van der Waals surface area (Å²) in [6.45, 7) is 6.23. The first-order valence-corrected chi connectivity index (χ1v) is 12.7. The number of nitrogens with zero attached hydrogens (tertiary/aromatic N) is 5. The van der Waals surface area contributed by atoms with Crippen LogP contribution in [0.3, 0.4) is 0 Å². The molecule has 0 aromatic carbocycles. The molecule has 14 heteroatoms. The molecule has 4 aromatic heterocycles. The van der Waals surface area contributed by atoms with E-state index in [-0.39, 0.29) is 39.3 Å². The number of thiophene rings is 1. The van der Waals surface area contributed by atoms with Gasteiger partial charge in [0, 0.05) is 42.4 Å². The Balaban J connectivity index is 1.83. The zero-order valence-corrected chi connectivity index (χ0v) is 22.4. The second kappa shape index (κ2) is 9.80. The summed E-state index contributed by atoms with van der Waals surface area (Å²) >= 11 is 2.84. The van der Waals surface area contributed by atoms with E-state index >= 15 is 0 Å². The monoisotopic (exact) mass is 631 g/mol. The number of anilines is 1. The van der Waals surface area contributed by atoms with Gasteiger partial charge in [0.2, 0.25) is 5.91 Å². The summed E-state index contributed by atoms with van der Waals surface area (Å²) in [7, 11) is 0. The third-order valence-electron chi connectivity index (χ3n) is 5.59. The maximum absolute atomic E-state index is 13.7. The van der Waals surface area contributed by atoms with E-state index in [4.69, 9.17) is 5.73 Å². The van der Waals surface area contributed by atoms with Gasteiger partial charge in [-0.1, -0.05) is 0 Å². The number of carbonyl (C=O) groups is 2. The fraction of sp³-hybridized carbons (Fsp3) is 0.318. The number of hydrogen-bond acceptors (Lipinski definition) is 6. The molecule has 0 saturated heterocycles. The number of primary amides is 1. The maximum Gasteiger partial charge on any atom is 0.433 e. The molecule has 36 heavy (non-hydrogen) atoms. The number of alkyl halides is 3. The van der Waals surface area contributed by atoms with Gasteiger partial charge in [0.15, 0.2) is 0 Å². The summed E-state index contributed by atoms with van der Waals surface area (Å²) in [5, 5.41) is 11.5. The van der Waals surface area contributed by atoms with Gasteiger partial charge in [0.1, 0.15) is 15.4 Å². The van der Waals surface area contributed by atoms with E-state index in [1.54, 1.807) is 22.5 Å². The van der Waals surface area contributed by atoms with Crippen molar-refractivity contribution in [2.24, 2.45) is 5.73 Å². The number of aromatic nitrogens is 5. The molecule has 0 atom stereocenters. The predicted octanol–water partition coefficient (Wildman–Crippen LogP) is 4.74. The molecule has 3 N–H and O–H groups in total. The Bertz CT molecular complexity index is 1470. The van der Waals surface area contributed by atoms with Gasteiger partial charge in [-0.15, -0.1) is 11.3 Å². The van der Waals surface area contributed by atoms with E-state index < -0.39 is 23.7 Å². The van der Waals surface area contributed by atoms with Crippen LogP contribution in [0.4, 0.5) is 18.9 Å². The van der Waals surface area contributed by atoms with Crippen LogP contribution in [0.2, 0.25) is 0 Å². The number of carbonyl (C=O) groups excluding carboxylic acids is 2. The van der Waals surface area contributed by atoms with Crippen LogP contribution in [0.5, 0.6) is 0 Å². The summed E-state index contributed by atoms with van der Waals surface area (Å²) in [5.41, 5.74) is 6.51. The van der Waals surface area contributed by atoms with Gasteiger partial charge in [-0.25, -0.2) is 4.98 Å². The summed E-state index contributed by atoms with van der Waals surface area (Å²) < 4.78 is 45.3. The predicted molar refractivity (Wildman–Crippen MR) is 138 cm³/mol. The molecule has 4 rings (SSSR count). The van der Waals surface area contributed by atoms with Crippen LogP contribution < -0.4 is 11.1 Å². The molecule has 0 unspecified atom stereocenters. The molecule has 0 aliphatic carbocycles. The van der Waals surface area contributed by atoms with Gasteiger partial charge in [0.25, 0.3) is 5.91 Å². The van der Waals surface area contributed by atoms with Crippen LogP contribution in [-0.4, -0.2) is 36.4 Å². The molecule has 0 bridgehead atoms. The average Bonchev–Trinajstić information content (AvgIpc) is 3.46. The summed E-state index contributed by atoms with van der Waals surface area (Å²) in [5.74, 6) is -1.33. The Morgan fingerprint density at radius 3 is 2.53 bits per heavy atom. The molecule has 4 heterocycles. The lowest BCUT2D eigenvalue weighted by atomic mass is 10.0. The minimum Gasteiger partial charge on any atom is -0.365 e. The zero-order chi connectivity index (χ0) is 26.4. The van der Waals surface area contributed by atoms with Gasteiger partial charge in [-0.3, -0.25) is 19.0 Å². The van der Waals surface area contributed by atoms with Crippen molar-refractivity contribution >= 4 is 61.6 Å². The maximum atomic E-state index is 13.7. The molecule has 0 spiro atoms. The van der Waals surface area contributed by atoms with E-state index in [1.807, 2.05) is 13.8 Å². The van der Waals surface area contributed by atoms with Crippen LogP contribution in [-0.2, 0) is 24.1 Å². The Labute approximate surface area is 221 Å². The molecule has 0 radical (unpaired) electrons. The van der Waals surface area contributed by atoms with Gasteiger partial charge in [-0.2, -0.15) is 23.4 Å². The van der Waals surface area contributed by atoms with Crippen molar-refractivity contribution in [3.8, 4) is 11.1 Å². The fourth-order valence-electron chi connectivity index (χ4n) is 3.80. The number of fused-ring (bicyclic) bond motifs is 1. The lowest BCUT2D eigenvalue weighted by molar-refractivity contribution is -0.140. The van der Waals surface area contributed by atoms with Crippen LogP contribution in [0.15, 0.2) is 18.5 Å². The van der Waals surface area contributed by atoms with E-state index in [9.17, 15) is 22.8 Å². The Morgan fingerprint density at radius 1 is 1.25 bits per heavy atom. The number of rotatable bonds is 7. The largest absolute Gasteiger partial charge is 0.433 e.